The smallest absolute Gasteiger partial charge is 0.0491 e. The highest BCUT2D eigenvalue weighted by molar-refractivity contribution is 6.31. The van der Waals surface area contributed by atoms with Gasteiger partial charge in [-0.1, -0.05) is 48.0 Å². The molecule has 2 N–H and O–H groups in total. The first kappa shape index (κ1) is 20.8. The van der Waals surface area contributed by atoms with Crippen LogP contribution in [-0.4, -0.2) is 22.8 Å². The minimum atomic E-state index is 0. The summed E-state index contributed by atoms with van der Waals surface area (Å²) < 4.78 is 2.28. The molecule has 1 aromatic heterocycles. The Balaban J connectivity index is 0.00000243. The number of hydrogen-bond acceptors (Lipinski definition) is 2. The largest absolute Gasteiger partial charge is 0.396 e. The number of aliphatic hydroxyl groups is 1. The molecule has 0 bridgehead atoms. The molecule has 2 aromatic carbocycles. The molecule has 3 aromatic rings. The molecule has 0 amide bonds. The lowest BCUT2D eigenvalue weighted by molar-refractivity contribution is 0.283. The molecule has 0 fully saturated rings. The molecule has 26 heavy (non-hydrogen) atoms. The lowest BCUT2D eigenvalue weighted by atomic mass is 10.1. The van der Waals surface area contributed by atoms with E-state index in [1.165, 1.54) is 16.5 Å². The average molecular weight is 393 g/mol. The van der Waals surface area contributed by atoms with Crippen LogP contribution >= 0.6 is 24.0 Å². The Bertz CT molecular complexity index is 817. The number of fused-ring (bicyclic) bond motifs is 1. The summed E-state index contributed by atoms with van der Waals surface area (Å²) in [5.41, 5.74) is 3.68. The third-order valence-corrected chi connectivity index (χ3v) is 4.87. The number of unbranched alkanes of at least 4 members (excludes halogenated alkanes) is 2. The summed E-state index contributed by atoms with van der Waals surface area (Å²) in [5, 5.41) is 14.4. The van der Waals surface area contributed by atoms with Gasteiger partial charge in [0.05, 0.1) is 0 Å². The van der Waals surface area contributed by atoms with E-state index in [0.29, 0.717) is 0 Å². The van der Waals surface area contributed by atoms with Gasteiger partial charge in [0.1, 0.15) is 0 Å². The molecule has 0 saturated heterocycles. The quantitative estimate of drug-likeness (QED) is 0.501. The number of rotatable bonds is 9. The topological polar surface area (TPSA) is 37.2 Å². The molecule has 0 spiro atoms. The lowest BCUT2D eigenvalue weighted by Gasteiger charge is -2.07. The van der Waals surface area contributed by atoms with Gasteiger partial charge in [-0.25, -0.2) is 0 Å². The number of hydrogen-bond donors (Lipinski definition) is 2. The van der Waals surface area contributed by atoms with E-state index in [9.17, 15) is 0 Å². The Labute approximate surface area is 166 Å². The van der Waals surface area contributed by atoms with Crippen LogP contribution in [0.4, 0.5) is 0 Å². The highest BCUT2D eigenvalue weighted by atomic mass is 35.5. The Morgan fingerprint density at radius 2 is 1.69 bits per heavy atom. The maximum atomic E-state index is 8.83. The van der Waals surface area contributed by atoms with Crippen molar-refractivity contribution < 1.29 is 5.11 Å². The number of halogens is 2. The van der Waals surface area contributed by atoms with Crippen molar-refractivity contribution in [2.24, 2.45) is 0 Å². The number of para-hydroxylation sites is 1. The minimum absolute atomic E-state index is 0. The van der Waals surface area contributed by atoms with Gasteiger partial charge in [0.15, 0.2) is 0 Å². The fourth-order valence-corrected chi connectivity index (χ4v) is 3.36. The molecule has 0 aliphatic rings. The number of nitrogens with zero attached hydrogens (tertiary/aromatic N) is 1. The van der Waals surface area contributed by atoms with Crippen molar-refractivity contribution in [1.82, 2.24) is 9.88 Å². The molecule has 0 unspecified atom stereocenters. The van der Waals surface area contributed by atoms with E-state index in [4.69, 9.17) is 16.7 Å². The number of nitrogens with one attached hydrogen (secondary N) is 1. The van der Waals surface area contributed by atoms with E-state index in [1.807, 2.05) is 18.2 Å². The highest BCUT2D eigenvalue weighted by Gasteiger charge is 2.09. The molecule has 3 nitrogen and oxygen atoms in total. The first-order valence-corrected chi connectivity index (χ1v) is 9.29. The molecule has 140 valence electrons. The van der Waals surface area contributed by atoms with Crippen LogP contribution in [0.15, 0.2) is 54.7 Å². The van der Waals surface area contributed by atoms with Crippen LogP contribution in [0, 0.1) is 0 Å². The van der Waals surface area contributed by atoms with Gasteiger partial charge in [-0.15, -0.1) is 12.4 Å². The normalized spacial score (nSPS) is 10.8. The Hall–Kier alpha value is -1.52. The van der Waals surface area contributed by atoms with Gasteiger partial charge >= 0.3 is 0 Å². The molecule has 3 rings (SSSR count). The number of aliphatic hydroxyl groups excluding tert-OH is 1. The predicted molar refractivity (Wildman–Crippen MR) is 112 cm³/mol. The lowest BCUT2D eigenvalue weighted by Crippen LogP contribution is -2.14. The van der Waals surface area contributed by atoms with Gasteiger partial charge in [-0.2, -0.15) is 0 Å². The second-order valence-electron chi connectivity index (χ2n) is 6.35. The SMILES string of the molecule is Cl.OCCCCCNCc1cn(Cc2ccccc2Cl)c2ccccc12. The van der Waals surface area contributed by atoms with Crippen molar-refractivity contribution in [1.29, 1.82) is 0 Å². The number of aromatic nitrogens is 1. The summed E-state index contributed by atoms with van der Waals surface area (Å²) in [5.74, 6) is 0. The summed E-state index contributed by atoms with van der Waals surface area (Å²) in [6, 6.07) is 16.5. The van der Waals surface area contributed by atoms with Gasteiger partial charge in [-0.3, -0.25) is 0 Å². The van der Waals surface area contributed by atoms with Gasteiger partial charge in [0.25, 0.3) is 0 Å². The Kier molecular flexibility index (Phi) is 8.46. The van der Waals surface area contributed by atoms with E-state index >= 15 is 0 Å². The van der Waals surface area contributed by atoms with Crippen LogP contribution in [0.5, 0.6) is 0 Å². The Morgan fingerprint density at radius 3 is 2.50 bits per heavy atom. The van der Waals surface area contributed by atoms with Gasteiger partial charge in [0.2, 0.25) is 0 Å². The van der Waals surface area contributed by atoms with Crippen LogP contribution in [0.3, 0.4) is 0 Å². The predicted octanol–water partition coefficient (Wildman–Crippen LogP) is 5.02. The third kappa shape index (κ3) is 5.24. The first-order chi connectivity index (χ1) is 12.3. The second kappa shape index (κ2) is 10.6. The maximum absolute atomic E-state index is 8.83. The molecule has 0 aliphatic carbocycles. The van der Waals surface area contributed by atoms with E-state index < -0.39 is 0 Å². The summed E-state index contributed by atoms with van der Waals surface area (Å²) in [6.45, 7) is 2.89. The van der Waals surface area contributed by atoms with E-state index in [-0.39, 0.29) is 19.0 Å². The van der Waals surface area contributed by atoms with Crippen molar-refractivity contribution in [3.63, 3.8) is 0 Å². The van der Waals surface area contributed by atoms with Crippen LogP contribution in [0.1, 0.15) is 30.4 Å². The van der Waals surface area contributed by atoms with Gasteiger partial charge < -0.3 is 15.0 Å². The third-order valence-electron chi connectivity index (χ3n) is 4.50. The maximum Gasteiger partial charge on any atom is 0.0491 e. The molecule has 0 radical (unpaired) electrons. The summed E-state index contributed by atoms with van der Waals surface area (Å²) in [6.07, 6.45) is 5.28. The van der Waals surface area contributed by atoms with Crippen LogP contribution in [-0.2, 0) is 13.1 Å². The van der Waals surface area contributed by atoms with Crippen molar-refractivity contribution >= 4 is 34.9 Å². The second-order valence-corrected chi connectivity index (χ2v) is 6.76. The molecular weight excluding hydrogens is 367 g/mol. The molecular formula is C21H26Cl2N2O. The van der Waals surface area contributed by atoms with E-state index in [2.05, 4.69) is 46.4 Å². The summed E-state index contributed by atoms with van der Waals surface area (Å²) in [7, 11) is 0. The molecule has 5 heteroatoms. The standard InChI is InChI=1S/C21H25ClN2O.ClH/c22-20-10-4-2-8-17(20)15-24-16-18(14-23-12-6-1-7-13-25)19-9-3-5-11-21(19)24;/h2-5,8-11,16,23,25H,1,6-7,12-15H2;1H. The monoisotopic (exact) mass is 392 g/mol. The molecule has 0 saturated carbocycles. The fraction of sp³-hybridized carbons (Fsp3) is 0.333. The minimum Gasteiger partial charge on any atom is -0.396 e. The average Bonchev–Trinajstić information content (AvgIpc) is 2.98. The zero-order valence-corrected chi connectivity index (χ0v) is 16.4. The van der Waals surface area contributed by atoms with Crippen molar-refractivity contribution in [3.05, 3.63) is 70.9 Å². The zero-order chi connectivity index (χ0) is 17.5. The Morgan fingerprint density at radius 1 is 0.923 bits per heavy atom. The van der Waals surface area contributed by atoms with Gasteiger partial charge in [0, 0.05) is 41.8 Å². The zero-order valence-electron chi connectivity index (χ0n) is 14.8. The van der Waals surface area contributed by atoms with E-state index in [1.54, 1.807) is 0 Å². The summed E-state index contributed by atoms with van der Waals surface area (Å²) in [4.78, 5) is 0. The molecule has 0 atom stereocenters. The van der Waals surface area contributed by atoms with Crippen molar-refractivity contribution in [2.75, 3.05) is 13.2 Å². The van der Waals surface area contributed by atoms with Crippen LogP contribution < -0.4 is 5.32 Å². The van der Waals surface area contributed by atoms with Crippen LogP contribution in [0.2, 0.25) is 5.02 Å². The molecule has 1 heterocycles. The first-order valence-electron chi connectivity index (χ1n) is 8.91. The number of benzene rings is 2. The van der Waals surface area contributed by atoms with Gasteiger partial charge in [-0.05, 0) is 49.1 Å². The van der Waals surface area contributed by atoms with E-state index in [0.717, 1.165) is 49.5 Å². The van der Waals surface area contributed by atoms with Crippen LogP contribution in [0.25, 0.3) is 10.9 Å². The van der Waals surface area contributed by atoms with Crippen molar-refractivity contribution in [2.45, 2.75) is 32.4 Å². The summed E-state index contributed by atoms with van der Waals surface area (Å²) >= 11 is 6.33. The molecule has 0 aliphatic heterocycles. The fourth-order valence-electron chi connectivity index (χ4n) is 3.17. The highest BCUT2D eigenvalue weighted by Crippen LogP contribution is 2.24. The van der Waals surface area contributed by atoms with Crippen molar-refractivity contribution in [3.8, 4) is 0 Å².